The number of benzene rings is 9. The third kappa shape index (κ3) is 7.74. The highest BCUT2D eigenvalue weighted by molar-refractivity contribution is 6.04. The van der Waals surface area contributed by atoms with E-state index in [1.807, 2.05) is 97.1 Å². The van der Waals surface area contributed by atoms with Gasteiger partial charge in [-0.15, -0.1) is 0 Å². The van der Waals surface area contributed by atoms with Crippen LogP contribution >= 0.6 is 0 Å². The van der Waals surface area contributed by atoms with E-state index in [9.17, 15) is 0 Å². The van der Waals surface area contributed by atoms with E-state index in [-0.39, 0.29) is 0 Å². The predicted molar refractivity (Wildman–Crippen MR) is 262 cm³/mol. The maximum absolute atomic E-state index is 5.12. The van der Waals surface area contributed by atoms with Crippen molar-refractivity contribution in [1.82, 2.24) is 24.9 Å². The van der Waals surface area contributed by atoms with Crippen molar-refractivity contribution in [2.75, 3.05) is 0 Å². The second-order valence-corrected chi connectivity index (χ2v) is 15.7. The molecule has 0 aliphatic carbocycles. The normalized spacial score (nSPS) is 11.1. The monoisotopic (exact) mass is 817 g/mol. The Hall–Kier alpha value is -8.67. The molecule has 11 aromatic rings. The first-order chi connectivity index (χ1) is 31.7. The van der Waals surface area contributed by atoms with E-state index < -0.39 is 0 Å². The second-order valence-electron chi connectivity index (χ2n) is 15.7. The quantitative estimate of drug-likeness (QED) is 0.145. The van der Waals surface area contributed by atoms with Gasteiger partial charge in [0.05, 0.1) is 11.4 Å². The summed E-state index contributed by atoms with van der Waals surface area (Å²) in [6.07, 6.45) is 0. The molecule has 0 bridgehead atoms. The summed E-state index contributed by atoms with van der Waals surface area (Å²) in [5.74, 6) is 2.61. The summed E-state index contributed by atoms with van der Waals surface area (Å²) in [6, 6.07) is 82.0. The standard InChI is InChI=1S/C59H39N5/c1-5-18-42(19-6-1)53-39-54(61-56(60-53)43-20-7-2-8-21-43)49-28-15-26-47(37-49)48-27-16-29-50(38-48)55-51-30-14-13-17-40(51)35-36-52(55)41-31-33-46(34-32-41)59-63-57(44-22-9-3-10-23-44)62-58(64-59)45-24-11-4-12-25-45/h1-39H. The molecule has 0 aliphatic heterocycles. The second kappa shape index (κ2) is 17.0. The lowest BCUT2D eigenvalue weighted by molar-refractivity contribution is 1.07. The molecule has 0 atom stereocenters. The van der Waals surface area contributed by atoms with Gasteiger partial charge in [-0.3, -0.25) is 0 Å². The van der Waals surface area contributed by atoms with Crippen molar-refractivity contribution in [3.63, 3.8) is 0 Å². The molecular weight excluding hydrogens is 779 g/mol. The van der Waals surface area contributed by atoms with Crippen LogP contribution < -0.4 is 0 Å². The molecule has 0 spiro atoms. The third-order valence-corrected chi connectivity index (χ3v) is 11.6. The van der Waals surface area contributed by atoms with Crippen molar-refractivity contribution in [1.29, 1.82) is 0 Å². The van der Waals surface area contributed by atoms with E-state index in [0.29, 0.717) is 23.3 Å². The Morgan fingerprint density at radius 3 is 1.17 bits per heavy atom. The number of nitrogens with zero attached hydrogens (tertiary/aromatic N) is 5. The van der Waals surface area contributed by atoms with Crippen LogP contribution in [0.25, 0.3) is 112 Å². The van der Waals surface area contributed by atoms with Gasteiger partial charge in [0.25, 0.3) is 0 Å². The summed E-state index contributed by atoms with van der Waals surface area (Å²) in [6.45, 7) is 0. The van der Waals surface area contributed by atoms with Crippen molar-refractivity contribution >= 4 is 10.8 Å². The molecule has 5 heteroatoms. The van der Waals surface area contributed by atoms with Crippen LogP contribution in [-0.4, -0.2) is 24.9 Å². The smallest absolute Gasteiger partial charge is 0.164 e. The zero-order valence-corrected chi connectivity index (χ0v) is 34.8. The summed E-state index contributed by atoms with van der Waals surface area (Å²) in [7, 11) is 0. The summed E-state index contributed by atoms with van der Waals surface area (Å²) in [4.78, 5) is 25.0. The van der Waals surface area contributed by atoms with Crippen LogP contribution in [0.15, 0.2) is 237 Å². The molecular formula is C59H39N5. The SMILES string of the molecule is c1ccc(-c2cc(-c3cccc(-c4cccc(-c5c(-c6ccc(-c7nc(-c8ccccc8)nc(-c8ccccc8)n7)cc6)ccc6ccccc56)c4)c3)nc(-c3ccccc3)n2)cc1. The predicted octanol–water partition coefficient (Wildman–Crippen LogP) is 14.8. The van der Waals surface area contributed by atoms with Gasteiger partial charge in [-0.1, -0.05) is 218 Å². The maximum Gasteiger partial charge on any atom is 0.164 e. The van der Waals surface area contributed by atoms with Crippen LogP contribution in [0.5, 0.6) is 0 Å². The number of hydrogen-bond acceptors (Lipinski definition) is 5. The zero-order chi connectivity index (χ0) is 42.7. The fourth-order valence-electron chi connectivity index (χ4n) is 8.34. The van der Waals surface area contributed by atoms with E-state index >= 15 is 0 Å². The maximum atomic E-state index is 5.12. The van der Waals surface area contributed by atoms with E-state index in [1.165, 1.54) is 16.3 Å². The highest BCUT2D eigenvalue weighted by atomic mass is 15.0. The minimum Gasteiger partial charge on any atom is -0.228 e. The van der Waals surface area contributed by atoms with Gasteiger partial charge >= 0.3 is 0 Å². The van der Waals surface area contributed by atoms with Gasteiger partial charge in [-0.2, -0.15) is 0 Å². The first kappa shape index (κ1) is 38.3. The largest absolute Gasteiger partial charge is 0.228 e. The molecule has 0 aliphatic rings. The van der Waals surface area contributed by atoms with Crippen molar-refractivity contribution in [2.24, 2.45) is 0 Å². The third-order valence-electron chi connectivity index (χ3n) is 11.6. The topological polar surface area (TPSA) is 64.5 Å². The van der Waals surface area contributed by atoms with Crippen molar-refractivity contribution < 1.29 is 0 Å². The van der Waals surface area contributed by atoms with Crippen LogP contribution in [-0.2, 0) is 0 Å². The fraction of sp³-hybridized carbons (Fsp3) is 0. The molecule has 11 rings (SSSR count). The minimum atomic E-state index is 0.627. The summed E-state index contributed by atoms with van der Waals surface area (Å²) in [5.41, 5.74) is 14.4. The molecule has 0 saturated heterocycles. The molecule has 0 amide bonds. The van der Waals surface area contributed by atoms with Crippen molar-refractivity contribution in [3.8, 4) is 101 Å². The number of fused-ring (bicyclic) bond motifs is 1. The Morgan fingerprint density at radius 1 is 0.219 bits per heavy atom. The Labute approximate surface area is 372 Å². The molecule has 9 aromatic carbocycles. The van der Waals surface area contributed by atoms with Crippen molar-refractivity contribution in [2.45, 2.75) is 0 Å². The minimum absolute atomic E-state index is 0.627. The molecule has 2 heterocycles. The molecule has 0 radical (unpaired) electrons. The molecule has 0 fully saturated rings. The van der Waals surface area contributed by atoms with Crippen LogP contribution in [0.2, 0.25) is 0 Å². The zero-order valence-electron chi connectivity index (χ0n) is 34.8. The van der Waals surface area contributed by atoms with Gasteiger partial charge < -0.3 is 0 Å². The van der Waals surface area contributed by atoms with Gasteiger partial charge in [0.1, 0.15) is 0 Å². The van der Waals surface area contributed by atoms with Crippen molar-refractivity contribution in [3.05, 3.63) is 237 Å². The average molecular weight is 818 g/mol. The van der Waals surface area contributed by atoms with E-state index in [0.717, 1.165) is 72.6 Å². The lowest BCUT2D eigenvalue weighted by Gasteiger charge is -2.16. The molecule has 0 saturated carbocycles. The molecule has 0 N–H and O–H groups in total. The highest BCUT2D eigenvalue weighted by Crippen LogP contribution is 2.41. The molecule has 2 aromatic heterocycles. The summed E-state index contributed by atoms with van der Waals surface area (Å²) in [5, 5.41) is 2.37. The number of rotatable bonds is 9. The Balaban J connectivity index is 0.979. The molecule has 0 unspecified atom stereocenters. The van der Waals surface area contributed by atoms with E-state index in [2.05, 4.69) is 140 Å². The lowest BCUT2D eigenvalue weighted by atomic mass is 9.88. The van der Waals surface area contributed by atoms with Gasteiger partial charge in [0.2, 0.25) is 0 Å². The first-order valence-electron chi connectivity index (χ1n) is 21.4. The van der Waals surface area contributed by atoms with Crippen LogP contribution in [0.1, 0.15) is 0 Å². The average Bonchev–Trinajstić information content (AvgIpc) is 3.39. The number of hydrogen-bond donors (Lipinski definition) is 0. The van der Waals surface area contributed by atoms with Crippen LogP contribution in [0.4, 0.5) is 0 Å². The highest BCUT2D eigenvalue weighted by Gasteiger charge is 2.17. The van der Waals surface area contributed by atoms with E-state index in [1.54, 1.807) is 0 Å². The summed E-state index contributed by atoms with van der Waals surface area (Å²) >= 11 is 0. The Kier molecular flexibility index (Phi) is 10.2. The van der Waals surface area contributed by atoms with Crippen LogP contribution in [0.3, 0.4) is 0 Å². The van der Waals surface area contributed by atoms with Gasteiger partial charge in [-0.25, -0.2) is 24.9 Å². The fourth-order valence-corrected chi connectivity index (χ4v) is 8.34. The van der Waals surface area contributed by atoms with Gasteiger partial charge in [0.15, 0.2) is 23.3 Å². The lowest BCUT2D eigenvalue weighted by Crippen LogP contribution is -2.00. The Bertz CT molecular complexity index is 3290. The van der Waals surface area contributed by atoms with Crippen LogP contribution in [0, 0.1) is 0 Å². The van der Waals surface area contributed by atoms with Gasteiger partial charge in [-0.05, 0) is 62.4 Å². The Morgan fingerprint density at radius 2 is 0.609 bits per heavy atom. The number of aromatic nitrogens is 5. The molecule has 300 valence electrons. The molecule has 5 nitrogen and oxygen atoms in total. The van der Waals surface area contributed by atoms with Gasteiger partial charge in [0, 0.05) is 33.4 Å². The first-order valence-corrected chi connectivity index (χ1v) is 21.4. The molecule has 64 heavy (non-hydrogen) atoms. The summed E-state index contributed by atoms with van der Waals surface area (Å²) < 4.78 is 0. The van der Waals surface area contributed by atoms with E-state index in [4.69, 9.17) is 24.9 Å².